The molecule has 0 aliphatic carbocycles. The van der Waals surface area contributed by atoms with Gasteiger partial charge >= 0.3 is 5.97 Å². The summed E-state index contributed by atoms with van der Waals surface area (Å²) < 4.78 is 10.5. The van der Waals surface area contributed by atoms with Gasteiger partial charge in [-0.1, -0.05) is 0 Å². The SMILES string of the molecule is Cc1cc(OCC(=O)O)ccc1NC(=O)C1(C)CCCOC1. The van der Waals surface area contributed by atoms with E-state index in [4.69, 9.17) is 14.6 Å². The van der Waals surface area contributed by atoms with Crippen molar-refractivity contribution in [2.24, 2.45) is 5.41 Å². The van der Waals surface area contributed by atoms with Gasteiger partial charge < -0.3 is 19.9 Å². The number of carboxylic acid groups (broad SMARTS) is 1. The predicted octanol–water partition coefficient (Wildman–Crippen LogP) is 2.21. The number of carbonyl (C=O) groups is 2. The lowest BCUT2D eigenvalue weighted by Crippen LogP contribution is -2.40. The van der Waals surface area contributed by atoms with Crippen molar-refractivity contribution in [3.8, 4) is 5.75 Å². The quantitative estimate of drug-likeness (QED) is 0.871. The molecule has 6 nitrogen and oxygen atoms in total. The van der Waals surface area contributed by atoms with Gasteiger partial charge in [0.1, 0.15) is 5.75 Å². The summed E-state index contributed by atoms with van der Waals surface area (Å²) in [6.45, 7) is 4.49. The number of aryl methyl sites for hydroxylation is 1. The Bertz CT molecular complexity index is 564. The molecule has 1 fully saturated rings. The van der Waals surface area contributed by atoms with Gasteiger partial charge in [0.2, 0.25) is 5.91 Å². The second kappa shape index (κ2) is 6.79. The number of anilines is 1. The van der Waals surface area contributed by atoms with Crippen molar-refractivity contribution < 1.29 is 24.2 Å². The highest BCUT2D eigenvalue weighted by Crippen LogP contribution is 2.30. The zero-order chi connectivity index (χ0) is 16.2. The molecule has 0 aromatic heterocycles. The van der Waals surface area contributed by atoms with Crippen LogP contribution in [0.5, 0.6) is 5.75 Å². The number of carbonyl (C=O) groups excluding carboxylic acids is 1. The highest BCUT2D eigenvalue weighted by Gasteiger charge is 2.35. The molecule has 1 aromatic carbocycles. The molecule has 2 rings (SSSR count). The second-order valence-corrected chi connectivity index (χ2v) is 5.83. The monoisotopic (exact) mass is 307 g/mol. The first-order chi connectivity index (χ1) is 10.4. The van der Waals surface area contributed by atoms with Crippen LogP contribution in [0.15, 0.2) is 18.2 Å². The van der Waals surface area contributed by atoms with Gasteiger partial charge in [0.25, 0.3) is 0 Å². The summed E-state index contributed by atoms with van der Waals surface area (Å²) >= 11 is 0. The smallest absolute Gasteiger partial charge is 0.341 e. The van der Waals surface area contributed by atoms with E-state index in [1.54, 1.807) is 18.2 Å². The summed E-state index contributed by atoms with van der Waals surface area (Å²) in [6.07, 6.45) is 1.68. The maximum absolute atomic E-state index is 12.4. The van der Waals surface area contributed by atoms with Crippen LogP contribution >= 0.6 is 0 Å². The fourth-order valence-corrected chi connectivity index (χ4v) is 2.40. The first-order valence-corrected chi connectivity index (χ1v) is 7.25. The molecule has 22 heavy (non-hydrogen) atoms. The van der Waals surface area contributed by atoms with Gasteiger partial charge in [0, 0.05) is 12.3 Å². The van der Waals surface area contributed by atoms with Crippen LogP contribution in [0.3, 0.4) is 0 Å². The number of amides is 1. The van der Waals surface area contributed by atoms with E-state index < -0.39 is 11.4 Å². The minimum atomic E-state index is -1.03. The van der Waals surface area contributed by atoms with Crippen molar-refractivity contribution in [2.75, 3.05) is 25.1 Å². The van der Waals surface area contributed by atoms with Crippen molar-refractivity contribution in [1.29, 1.82) is 0 Å². The minimum absolute atomic E-state index is 0.0606. The second-order valence-electron chi connectivity index (χ2n) is 5.83. The van der Waals surface area contributed by atoms with Crippen molar-refractivity contribution in [3.05, 3.63) is 23.8 Å². The summed E-state index contributed by atoms with van der Waals surface area (Å²) in [5.41, 5.74) is 0.999. The minimum Gasteiger partial charge on any atom is -0.482 e. The molecular weight excluding hydrogens is 286 g/mol. The largest absolute Gasteiger partial charge is 0.482 e. The molecule has 1 aliphatic rings. The van der Waals surface area contributed by atoms with E-state index in [1.807, 2.05) is 13.8 Å². The molecule has 0 radical (unpaired) electrons. The molecule has 1 atom stereocenters. The fourth-order valence-electron chi connectivity index (χ4n) is 2.40. The maximum atomic E-state index is 12.4. The van der Waals surface area contributed by atoms with Gasteiger partial charge in [-0.2, -0.15) is 0 Å². The molecule has 0 saturated carbocycles. The molecule has 120 valence electrons. The molecule has 1 amide bonds. The van der Waals surface area contributed by atoms with Crippen LogP contribution < -0.4 is 10.1 Å². The highest BCUT2D eigenvalue weighted by molar-refractivity contribution is 5.95. The van der Waals surface area contributed by atoms with Gasteiger partial charge in [0.15, 0.2) is 6.61 Å². The molecule has 0 bridgehead atoms. The lowest BCUT2D eigenvalue weighted by atomic mass is 9.83. The lowest BCUT2D eigenvalue weighted by Gasteiger charge is -2.32. The van der Waals surface area contributed by atoms with E-state index in [-0.39, 0.29) is 12.5 Å². The van der Waals surface area contributed by atoms with Gasteiger partial charge in [-0.15, -0.1) is 0 Å². The Morgan fingerprint density at radius 1 is 1.45 bits per heavy atom. The van der Waals surface area contributed by atoms with Crippen LogP contribution in [0.25, 0.3) is 0 Å². The van der Waals surface area contributed by atoms with Crippen LogP contribution in [-0.4, -0.2) is 36.8 Å². The molecule has 1 unspecified atom stereocenters. The van der Waals surface area contributed by atoms with Gasteiger partial charge in [-0.25, -0.2) is 4.79 Å². The average Bonchev–Trinajstić information content (AvgIpc) is 2.48. The van der Waals surface area contributed by atoms with Gasteiger partial charge in [-0.3, -0.25) is 4.79 Å². The first kappa shape index (κ1) is 16.3. The van der Waals surface area contributed by atoms with E-state index in [9.17, 15) is 9.59 Å². The summed E-state index contributed by atoms with van der Waals surface area (Å²) in [5, 5.41) is 11.5. The van der Waals surface area contributed by atoms with Crippen molar-refractivity contribution in [1.82, 2.24) is 0 Å². The van der Waals surface area contributed by atoms with Crippen LogP contribution in [0.2, 0.25) is 0 Å². The third-order valence-electron chi connectivity index (χ3n) is 3.79. The zero-order valence-corrected chi connectivity index (χ0v) is 12.8. The molecule has 0 spiro atoms. The highest BCUT2D eigenvalue weighted by atomic mass is 16.5. The van der Waals surface area contributed by atoms with E-state index >= 15 is 0 Å². The zero-order valence-electron chi connectivity index (χ0n) is 12.8. The number of rotatable bonds is 5. The Balaban J connectivity index is 2.03. The molecule has 1 heterocycles. The third-order valence-corrected chi connectivity index (χ3v) is 3.79. The standard InChI is InChI=1S/C16H21NO5/c1-11-8-12(22-9-14(18)19)4-5-13(11)17-15(20)16(2)6-3-7-21-10-16/h4-5,8H,3,6-7,9-10H2,1-2H3,(H,17,20)(H,18,19). The third kappa shape index (κ3) is 3.98. The summed E-state index contributed by atoms with van der Waals surface area (Å²) in [4.78, 5) is 22.9. The Labute approximate surface area is 129 Å². The van der Waals surface area contributed by atoms with Crippen LogP contribution in [-0.2, 0) is 14.3 Å². The van der Waals surface area contributed by atoms with Gasteiger partial charge in [-0.05, 0) is 50.5 Å². The molecule has 6 heteroatoms. The number of hydrogen-bond acceptors (Lipinski definition) is 4. The van der Waals surface area contributed by atoms with Crippen molar-refractivity contribution in [3.63, 3.8) is 0 Å². The Morgan fingerprint density at radius 3 is 2.82 bits per heavy atom. The van der Waals surface area contributed by atoms with Crippen LogP contribution in [0.4, 0.5) is 5.69 Å². The van der Waals surface area contributed by atoms with E-state index in [1.165, 1.54) is 0 Å². The number of hydrogen-bond donors (Lipinski definition) is 2. The van der Waals surface area contributed by atoms with Crippen molar-refractivity contribution >= 4 is 17.6 Å². The van der Waals surface area contributed by atoms with Gasteiger partial charge in [0.05, 0.1) is 12.0 Å². The van der Waals surface area contributed by atoms with Crippen LogP contribution in [0.1, 0.15) is 25.3 Å². The number of nitrogens with one attached hydrogen (secondary N) is 1. The molecular formula is C16H21NO5. The van der Waals surface area contributed by atoms with E-state index in [0.717, 1.165) is 18.4 Å². The molecule has 2 N–H and O–H groups in total. The average molecular weight is 307 g/mol. The summed E-state index contributed by atoms with van der Waals surface area (Å²) in [6, 6.07) is 5.07. The Kier molecular flexibility index (Phi) is 5.03. The summed E-state index contributed by atoms with van der Waals surface area (Å²) in [7, 11) is 0. The molecule has 1 aromatic rings. The van der Waals surface area contributed by atoms with E-state index in [0.29, 0.717) is 24.7 Å². The number of aliphatic carboxylic acids is 1. The fraction of sp³-hybridized carbons (Fsp3) is 0.500. The Morgan fingerprint density at radius 2 is 2.23 bits per heavy atom. The van der Waals surface area contributed by atoms with E-state index in [2.05, 4.69) is 5.32 Å². The Hall–Kier alpha value is -2.08. The van der Waals surface area contributed by atoms with Crippen LogP contribution in [0, 0.1) is 12.3 Å². The number of benzene rings is 1. The summed E-state index contributed by atoms with van der Waals surface area (Å²) in [5.74, 6) is -0.625. The molecule has 1 saturated heterocycles. The topological polar surface area (TPSA) is 84.9 Å². The molecule has 1 aliphatic heterocycles. The number of ether oxygens (including phenoxy) is 2. The lowest BCUT2D eigenvalue weighted by molar-refractivity contribution is -0.139. The first-order valence-electron chi connectivity index (χ1n) is 7.25. The normalized spacial score (nSPS) is 21.2. The predicted molar refractivity (Wildman–Crippen MR) is 81.1 cm³/mol. The van der Waals surface area contributed by atoms with Crippen molar-refractivity contribution in [2.45, 2.75) is 26.7 Å². The number of carboxylic acids is 1. The maximum Gasteiger partial charge on any atom is 0.341 e.